The van der Waals surface area contributed by atoms with Crippen molar-refractivity contribution in [2.24, 2.45) is 4.99 Å². The average Bonchev–Trinajstić information content (AvgIpc) is 2.96. The van der Waals surface area contributed by atoms with Crippen molar-refractivity contribution in [1.82, 2.24) is 0 Å². The molecule has 0 radical (unpaired) electrons. The molecule has 0 saturated carbocycles. The van der Waals surface area contributed by atoms with Crippen molar-refractivity contribution in [2.45, 2.75) is 6.92 Å². The Morgan fingerprint density at radius 2 is 1.96 bits per heavy atom. The molecule has 0 aromatic heterocycles. The van der Waals surface area contributed by atoms with E-state index >= 15 is 0 Å². The van der Waals surface area contributed by atoms with Gasteiger partial charge in [0.2, 0.25) is 11.8 Å². The number of amides is 1. The summed E-state index contributed by atoms with van der Waals surface area (Å²) in [6.07, 6.45) is 1.42. The van der Waals surface area contributed by atoms with Gasteiger partial charge in [-0.3, -0.25) is 14.9 Å². The third kappa shape index (κ3) is 3.81. The van der Waals surface area contributed by atoms with Crippen molar-refractivity contribution in [3.8, 4) is 0 Å². The number of aliphatic imine (C=N–C) groups is 1. The van der Waals surface area contributed by atoms with E-state index in [1.807, 2.05) is 0 Å². The third-order valence-electron chi connectivity index (χ3n) is 3.46. The van der Waals surface area contributed by atoms with Crippen LogP contribution < -0.4 is 5.32 Å². The standard InChI is InChI=1S/C18H13N3O5/c1-11(22)19-14-7-5-13(6-8-14)17-20-16(18(23)26-17)10-12-3-2-4-15(9-12)21(24)25/h2-10H,1H3,(H,19,22). The molecule has 0 bridgehead atoms. The molecule has 8 nitrogen and oxygen atoms in total. The zero-order valence-corrected chi connectivity index (χ0v) is 13.6. The molecule has 1 aliphatic rings. The smallest absolute Gasteiger partial charge is 0.363 e. The lowest BCUT2D eigenvalue weighted by Gasteiger charge is -2.03. The van der Waals surface area contributed by atoms with Gasteiger partial charge in [-0.05, 0) is 35.9 Å². The maximum Gasteiger partial charge on any atom is 0.363 e. The molecule has 0 unspecified atom stereocenters. The van der Waals surface area contributed by atoms with Crippen LogP contribution >= 0.6 is 0 Å². The molecule has 3 rings (SSSR count). The number of esters is 1. The average molecular weight is 351 g/mol. The number of hydrogen-bond acceptors (Lipinski definition) is 6. The Hall–Kier alpha value is -3.81. The van der Waals surface area contributed by atoms with Crippen molar-refractivity contribution in [3.05, 3.63) is 75.5 Å². The Labute approximate surface area is 148 Å². The third-order valence-corrected chi connectivity index (χ3v) is 3.46. The molecule has 8 heteroatoms. The van der Waals surface area contributed by atoms with Gasteiger partial charge < -0.3 is 10.1 Å². The summed E-state index contributed by atoms with van der Waals surface area (Å²) in [6, 6.07) is 12.5. The van der Waals surface area contributed by atoms with E-state index in [0.717, 1.165) is 0 Å². The van der Waals surface area contributed by atoms with Gasteiger partial charge in [0.05, 0.1) is 4.92 Å². The zero-order chi connectivity index (χ0) is 18.7. The van der Waals surface area contributed by atoms with Crippen LogP contribution in [-0.2, 0) is 14.3 Å². The fourth-order valence-electron chi connectivity index (χ4n) is 2.32. The van der Waals surface area contributed by atoms with Crippen LogP contribution in [0.25, 0.3) is 6.08 Å². The molecule has 0 atom stereocenters. The molecular formula is C18H13N3O5. The second-order valence-corrected chi connectivity index (χ2v) is 5.45. The Kier molecular flexibility index (Phi) is 4.57. The maximum atomic E-state index is 12.0. The van der Waals surface area contributed by atoms with Gasteiger partial charge in [0, 0.05) is 30.3 Å². The number of nitro groups is 1. The number of hydrogen-bond donors (Lipinski definition) is 1. The molecule has 130 valence electrons. The van der Waals surface area contributed by atoms with Crippen molar-refractivity contribution in [3.63, 3.8) is 0 Å². The first-order valence-corrected chi connectivity index (χ1v) is 7.57. The van der Waals surface area contributed by atoms with Gasteiger partial charge in [0.25, 0.3) is 5.69 Å². The minimum absolute atomic E-state index is 0.0476. The van der Waals surface area contributed by atoms with Crippen LogP contribution in [0.2, 0.25) is 0 Å². The van der Waals surface area contributed by atoms with Crippen LogP contribution in [-0.4, -0.2) is 22.7 Å². The Morgan fingerprint density at radius 3 is 2.62 bits per heavy atom. The normalized spacial score (nSPS) is 14.7. The summed E-state index contributed by atoms with van der Waals surface area (Å²) >= 11 is 0. The van der Waals surface area contributed by atoms with Crippen LogP contribution in [0, 0.1) is 10.1 Å². The van der Waals surface area contributed by atoms with Gasteiger partial charge in [0.1, 0.15) is 0 Å². The first kappa shape index (κ1) is 17.0. The van der Waals surface area contributed by atoms with Crippen LogP contribution in [0.4, 0.5) is 11.4 Å². The highest BCUT2D eigenvalue weighted by Crippen LogP contribution is 2.22. The van der Waals surface area contributed by atoms with Gasteiger partial charge in [-0.15, -0.1) is 0 Å². The lowest BCUT2D eigenvalue weighted by atomic mass is 10.1. The number of benzene rings is 2. The monoisotopic (exact) mass is 351 g/mol. The Morgan fingerprint density at radius 1 is 1.23 bits per heavy atom. The predicted molar refractivity (Wildman–Crippen MR) is 94.4 cm³/mol. The first-order valence-electron chi connectivity index (χ1n) is 7.57. The number of nitrogens with one attached hydrogen (secondary N) is 1. The number of carbonyl (C=O) groups is 2. The SMILES string of the molecule is CC(=O)Nc1ccc(C2=NC(=Cc3cccc([N+](=O)[O-])c3)C(=O)O2)cc1. The van der Waals surface area contributed by atoms with E-state index in [4.69, 9.17) is 4.74 Å². The van der Waals surface area contributed by atoms with E-state index in [1.165, 1.54) is 31.2 Å². The number of nitrogens with zero attached hydrogens (tertiary/aromatic N) is 2. The van der Waals surface area contributed by atoms with E-state index < -0.39 is 10.9 Å². The lowest BCUT2D eigenvalue weighted by molar-refractivity contribution is -0.384. The summed E-state index contributed by atoms with van der Waals surface area (Å²) < 4.78 is 5.15. The maximum absolute atomic E-state index is 12.0. The summed E-state index contributed by atoms with van der Waals surface area (Å²) in [7, 11) is 0. The highest BCUT2D eigenvalue weighted by atomic mass is 16.6. The van der Waals surface area contributed by atoms with Gasteiger partial charge in [-0.1, -0.05) is 12.1 Å². The molecular weight excluding hydrogens is 338 g/mol. The Balaban J connectivity index is 1.86. The van der Waals surface area contributed by atoms with Crippen LogP contribution in [0.3, 0.4) is 0 Å². The van der Waals surface area contributed by atoms with E-state index in [-0.39, 0.29) is 23.2 Å². The van der Waals surface area contributed by atoms with Gasteiger partial charge in [-0.2, -0.15) is 0 Å². The van der Waals surface area contributed by atoms with Crippen LogP contribution in [0.5, 0.6) is 0 Å². The number of carbonyl (C=O) groups excluding carboxylic acids is 2. The molecule has 0 fully saturated rings. The predicted octanol–water partition coefficient (Wildman–Crippen LogP) is 2.90. The number of anilines is 1. The summed E-state index contributed by atoms with van der Waals surface area (Å²) in [4.78, 5) is 37.5. The number of rotatable bonds is 4. The molecule has 1 aliphatic heterocycles. The quantitative estimate of drug-likeness (QED) is 0.394. The second kappa shape index (κ2) is 6.98. The first-order chi connectivity index (χ1) is 12.4. The van der Waals surface area contributed by atoms with E-state index in [0.29, 0.717) is 16.8 Å². The highest BCUT2D eigenvalue weighted by molar-refractivity contribution is 6.13. The highest BCUT2D eigenvalue weighted by Gasteiger charge is 2.24. The summed E-state index contributed by atoms with van der Waals surface area (Å²) in [5.74, 6) is -0.706. The molecule has 1 amide bonds. The lowest BCUT2D eigenvalue weighted by Crippen LogP contribution is -2.07. The number of cyclic esters (lactones) is 1. The van der Waals surface area contributed by atoms with E-state index in [2.05, 4.69) is 10.3 Å². The van der Waals surface area contributed by atoms with Crippen LogP contribution in [0.15, 0.2) is 59.2 Å². The Bertz CT molecular complexity index is 961. The number of ether oxygens (including phenoxy) is 1. The minimum atomic E-state index is -0.641. The molecule has 2 aromatic rings. The molecule has 1 heterocycles. The molecule has 1 N–H and O–H groups in total. The van der Waals surface area contributed by atoms with Crippen molar-refractivity contribution < 1.29 is 19.2 Å². The topological polar surface area (TPSA) is 111 Å². The van der Waals surface area contributed by atoms with Crippen molar-refractivity contribution in [2.75, 3.05) is 5.32 Å². The summed E-state index contributed by atoms with van der Waals surface area (Å²) in [6.45, 7) is 1.40. The molecule has 0 saturated heterocycles. The van der Waals surface area contributed by atoms with Gasteiger partial charge in [0.15, 0.2) is 5.70 Å². The number of nitro benzene ring substituents is 1. The molecule has 0 aliphatic carbocycles. The summed E-state index contributed by atoms with van der Waals surface area (Å²) in [5.41, 5.74) is 1.61. The van der Waals surface area contributed by atoms with E-state index in [9.17, 15) is 19.7 Å². The molecule has 0 spiro atoms. The number of non-ortho nitro benzene ring substituents is 1. The fourth-order valence-corrected chi connectivity index (χ4v) is 2.32. The zero-order valence-electron chi connectivity index (χ0n) is 13.6. The van der Waals surface area contributed by atoms with Crippen molar-refractivity contribution in [1.29, 1.82) is 0 Å². The largest absolute Gasteiger partial charge is 0.402 e. The van der Waals surface area contributed by atoms with E-state index in [1.54, 1.807) is 30.3 Å². The van der Waals surface area contributed by atoms with Crippen molar-refractivity contribution >= 4 is 35.2 Å². The second-order valence-electron chi connectivity index (χ2n) is 5.45. The van der Waals surface area contributed by atoms with Gasteiger partial charge in [-0.25, -0.2) is 9.79 Å². The molecule has 2 aromatic carbocycles. The van der Waals surface area contributed by atoms with Crippen LogP contribution in [0.1, 0.15) is 18.1 Å². The molecule has 26 heavy (non-hydrogen) atoms. The summed E-state index contributed by atoms with van der Waals surface area (Å²) in [5, 5.41) is 13.5. The minimum Gasteiger partial charge on any atom is -0.402 e. The van der Waals surface area contributed by atoms with Gasteiger partial charge >= 0.3 is 5.97 Å². The fraction of sp³-hybridized carbons (Fsp3) is 0.0556.